The van der Waals surface area contributed by atoms with Gasteiger partial charge in [0.05, 0.1) is 11.8 Å². The van der Waals surface area contributed by atoms with Crippen LogP contribution < -0.4 is 10.6 Å². The number of hydrogen-bond donors (Lipinski definition) is 2. The Bertz CT molecular complexity index is 1340. The minimum atomic E-state index is -0.153. The number of rotatable bonds is 6. The van der Waals surface area contributed by atoms with Crippen LogP contribution in [0.25, 0.3) is 11.4 Å². The van der Waals surface area contributed by atoms with Gasteiger partial charge in [0.1, 0.15) is 5.03 Å². The summed E-state index contributed by atoms with van der Waals surface area (Å²) in [7, 11) is 0. The van der Waals surface area contributed by atoms with Crippen LogP contribution in [0.15, 0.2) is 40.9 Å². The molecule has 6 rings (SSSR count). The lowest BCUT2D eigenvalue weighted by molar-refractivity contribution is -0.117. The molecule has 2 amide bonds. The van der Waals surface area contributed by atoms with Gasteiger partial charge in [0.25, 0.3) is 11.7 Å². The molecule has 0 aromatic carbocycles. The third-order valence-corrected chi connectivity index (χ3v) is 5.99. The number of nitrogens with zero attached hydrogens (tertiary/aromatic N) is 7. The Kier molecular flexibility index (Phi) is 4.13. The summed E-state index contributed by atoms with van der Waals surface area (Å²) >= 11 is 1.29. The van der Waals surface area contributed by atoms with Crippen LogP contribution in [0.4, 0.5) is 5.82 Å². The normalized spacial score (nSPS) is 16.0. The van der Waals surface area contributed by atoms with Gasteiger partial charge in [-0.2, -0.15) is 5.10 Å². The molecule has 156 valence electrons. The number of anilines is 1. The molecule has 0 unspecified atom stereocenters. The summed E-state index contributed by atoms with van der Waals surface area (Å²) in [5.41, 5.74) is 1.08. The molecule has 12 heteroatoms. The molecule has 2 N–H and O–H groups in total. The van der Waals surface area contributed by atoms with Crippen LogP contribution in [0.3, 0.4) is 0 Å². The lowest BCUT2D eigenvalue weighted by Crippen LogP contribution is -2.25. The average molecular weight is 435 g/mol. The van der Waals surface area contributed by atoms with Gasteiger partial charge in [0.2, 0.25) is 11.1 Å². The summed E-state index contributed by atoms with van der Waals surface area (Å²) in [4.78, 5) is 32.9. The van der Waals surface area contributed by atoms with Crippen LogP contribution >= 0.6 is 11.8 Å². The highest BCUT2D eigenvalue weighted by Gasteiger charge is 2.30. The largest absolute Gasteiger partial charge is 0.349 e. The molecule has 0 radical (unpaired) electrons. The molecule has 11 nitrogen and oxygen atoms in total. The van der Waals surface area contributed by atoms with E-state index < -0.39 is 0 Å². The van der Waals surface area contributed by atoms with Gasteiger partial charge in [-0.15, -0.1) is 10.2 Å². The maximum Gasteiger partial charge on any atom is 0.255 e. The van der Waals surface area contributed by atoms with Crippen LogP contribution in [0, 0.1) is 5.92 Å². The minimum absolute atomic E-state index is 0.00182. The fourth-order valence-corrected chi connectivity index (χ4v) is 3.87. The third-order valence-electron chi connectivity index (χ3n) is 5.10. The maximum absolute atomic E-state index is 12.3. The number of amides is 2. The zero-order chi connectivity index (χ0) is 20.9. The zero-order valence-corrected chi connectivity index (χ0v) is 17.0. The van der Waals surface area contributed by atoms with Crippen molar-refractivity contribution in [3.05, 3.63) is 36.3 Å². The molecule has 4 aromatic heterocycles. The first kappa shape index (κ1) is 18.2. The van der Waals surface area contributed by atoms with Gasteiger partial charge in [-0.3, -0.25) is 14.0 Å². The number of hydrogen-bond acceptors (Lipinski definition) is 8. The van der Waals surface area contributed by atoms with Crippen molar-refractivity contribution in [2.75, 3.05) is 5.32 Å². The van der Waals surface area contributed by atoms with Crippen molar-refractivity contribution >= 4 is 40.8 Å². The summed E-state index contributed by atoms with van der Waals surface area (Å²) in [5.74, 6) is 0.839. The van der Waals surface area contributed by atoms with Gasteiger partial charge in [0, 0.05) is 24.4 Å². The van der Waals surface area contributed by atoms with E-state index >= 15 is 0 Å². The summed E-state index contributed by atoms with van der Waals surface area (Å²) in [6, 6.07) is 3.90. The van der Waals surface area contributed by atoms with Crippen LogP contribution in [0.5, 0.6) is 0 Å². The minimum Gasteiger partial charge on any atom is -0.349 e. The zero-order valence-electron chi connectivity index (χ0n) is 16.2. The van der Waals surface area contributed by atoms with E-state index in [2.05, 4.69) is 35.9 Å². The number of carbonyl (C=O) groups is 2. The Morgan fingerprint density at radius 3 is 2.77 bits per heavy atom. The highest BCUT2D eigenvalue weighted by atomic mass is 32.2. The molecule has 4 heterocycles. The third kappa shape index (κ3) is 3.69. The molecule has 0 aliphatic heterocycles. The average Bonchev–Trinajstić information content (AvgIpc) is 3.69. The Balaban J connectivity index is 1.25. The summed E-state index contributed by atoms with van der Waals surface area (Å²) in [6.45, 7) is 0. The van der Waals surface area contributed by atoms with Gasteiger partial charge in [-0.05, 0) is 49.6 Å². The van der Waals surface area contributed by atoms with Crippen LogP contribution in [0.1, 0.15) is 36.0 Å². The van der Waals surface area contributed by atoms with Crippen LogP contribution in [-0.2, 0) is 4.79 Å². The lowest BCUT2D eigenvalue weighted by atomic mass is 10.3. The fraction of sp³-hybridized carbons (Fsp3) is 0.316. The monoisotopic (exact) mass is 435 g/mol. The molecule has 2 saturated carbocycles. The van der Waals surface area contributed by atoms with E-state index in [1.807, 2.05) is 12.1 Å². The topological polar surface area (TPSA) is 131 Å². The standard InChI is InChI=1S/C19H17N9O2S/c29-16(10-1-2-10)23-13-9-28-14(22-13)5-6-15(26-28)31-19-25-24-18-20-7-11(8-27(18)19)17(30)21-12-3-4-12/h5-10,12H,1-4H2,(H,21,30)(H,23,29). The molecule has 2 aliphatic rings. The molecular formula is C19H17N9O2S. The van der Waals surface area contributed by atoms with Crippen molar-refractivity contribution in [2.45, 2.75) is 41.9 Å². The Labute approximate surface area is 179 Å². The predicted octanol–water partition coefficient (Wildman–Crippen LogP) is 1.56. The van der Waals surface area contributed by atoms with Crippen molar-refractivity contribution in [3.8, 4) is 0 Å². The Morgan fingerprint density at radius 2 is 1.97 bits per heavy atom. The first-order valence-corrected chi connectivity index (χ1v) is 10.8. The fourth-order valence-electron chi connectivity index (χ4n) is 3.10. The SMILES string of the molecule is O=C(NC1CC1)c1cnc2nnc(Sc3ccc4nc(NC(=O)C5CC5)cn4n3)n2c1. The van der Waals surface area contributed by atoms with E-state index in [-0.39, 0.29) is 23.8 Å². The van der Waals surface area contributed by atoms with E-state index in [9.17, 15) is 9.59 Å². The second-order valence-corrected chi connectivity index (χ2v) is 8.70. The maximum atomic E-state index is 12.3. The smallest absolute Gasteiger partial charge is 0.255 e. The molecule has 0 atom stereocenters. The van der Waals surface area contributed by atoms with E-state index in [0.29, 0.717) is 33.0 Å². The molecule has 4 aromatic rings. The molecule has 0 bridgehead atoms. The molecule has 0 spiro atoms. The van der Waals surface area contributed by atoms with Gasteiger partial charge in [0.15, 0.2) is 11.5 Å². The molecule has 2 aliphatic carbocycles. The highest BCUT2D eigenvalue weighted by Crippen LogP contribution is 2.30. The molecule has 0 saturated heterocycles. The molecular weight excluding hydrogens is 418 g/mol. The second kappa shape index (κ2) is 7.01. The van der Waals surface area contributed by atoms with Crippen molar-refractivity contribution in [1.29, 1.82) is 0 Å². The van der Waals surface area contributed by atoms with E-state index in [1.54, 1.807) is 21.3 Å². The first-order valence-electron chi connectivity index (χ1n) is 9.99. The molecule has 2 fully saturated rings. The van der Waals surface area contributed by atoms with E-state index in [4.69, 9.17) is 0 Å². The number of carbonyl (C=O) groups excluding carboxylic acids is 2. The Morgan fingerprint density at radius 1 is 1.10 bits per heavy atom. The summed E-state index contributed by atoms with van der Waals surface area (Å²) < 4.78 is 3.29. The number of fused-ring (bicyclic) bond motifs is 2. The van der Waals surface area contributed by atoms with Crippen LogP contribution in [0.2, 0.25) is 0 Å². The predicted molar refractivity (Wildman–Crippen MR) is 110 cm³/mol. The number of nitrogens with one attached hydrogen (secondary N) is 2. The number of imidazole rings is 1. The summed E-state index contributed by atoms with van der Waals surface area (Å²) in [6.07, 6.45) is 8.77. The van der Waals surface area contributed by atoms with Gasteiger partial charge in [-0.25, -0.2) is 14.5 Å². The molecule has 31 heavy (non-hydrogen) atoms. The van der Waals surface area contributed by atoms with Gasteiger partial charge in [-0.1, -0.05) is 0 Å². The van der Waals surface area contributed by atoms with Crippen molar-refractivity contribution in [2.24, 2.45) is 5.92 Å². The quantitative estimate of drug-likeness (QED) is 0.466. The van der Waals surface area contributed by atoms with Crippen molar-refractivity contribution in [1.82, 2.24) is 39.5 Å². The van der Waals surface area contributed by atoms with E-state index in [0.717, 1.165) is 25.7 Å². The lowest BCUT2D eigenvalue weighted by Gasteiger charge is -2.04. The van der Waals surface area contributed by atoms with E-state index in [1.165, 1.54) is 18.0 Å². The first-order chi connectivity index (χ1) is 15.1. The van der Waals surface area contributed by atoms with Crippen molar-refractivity contribution < 1.29 is 9.59 Å². The highest BCUT2D eigenvalue weighted by molar-refractivity contribution is 7.99. The van der Waals surface area contributed by atoms with Gasteiger partial charge >= 0.3 is 0 Å². The second-order valence-electron chi connectivity index (χ2n) is 7.71. The Hall–Kier alpha value is -3.54. The van der Waals surface area contributed by atoms with Gasteiger partial charge < -0.3 is 10.6 Å². The van der Waals surface area contributed by atoms with Crippen LogP contribution in [-0.4, -0.2) is 52.0 Å². The summed E-state index contributed by atoms with van der Waals surface area (Å²) in [5, 5.41) is 19.8. The number of aromatic nitrogens is 7. The van der Waals surface area contributed by atoms with Crippen molar-refractivity contribution in [3.63, 3.8) is 0 Å².